The zero-order valence-electron chi connectivity index (χ0n) is 16.1. The molecule has 9 heteroatoms. The van der Waals surface area contributed by atoms with Gasteiger partial charge in [0.15, 0.2) is 15.8 Å². The van der Waals surface area contributed by atoms with Crippen molar-refractivity contribution in [2.24, 2.45) is 4.99 Å². The van der Waals surface area contributed by atoms with Crippen LogP contribution in [0.15, 0.2) is 35.3 Å². The van der Waals surface area contributed by atoms with Crippen LogP contribution in [0, 0.1) is 0 Å². The van der Waals surface area contributed by atoms with E-state index in [1.807, 2.05) is 35.2 Å². The highest BCUT2D eigenvalue weighted by Gasteiger charge is 2.40. The summed E-state index contributed by atoms with van der Waals surface area (Å²) in [7, 11) is -1.48. The minimum Gasteiger partial charge on any atom is -0.354 e. The van der Waals surface area contributed by atoms with Crippen molar-refractivity contribution in [3.05, 3.63) is 35.9 Å². The molecule has 1 aromatic rings. The molecule has 27 heavy (non-hydrogen) atoms. The summed E-state index contributed by atoms with van der Waals surface area (Å²) in [6.07, 6.45) is 0.777. The number of carbonyl (C=O) groups excluding carboxylic acids is 1. The Morgan fingerprint density at radius 2 is 1.89 bits per heavy atom. The molecule has 1 aliphatic rings. The Hall–Kier alpha value is -1.36. The van der Waals surface area contributed by atoms with Gasteiger partial charge in [0.25, 0.3) is 0 Å². The highest BCUT2D eigenvalue weighted by Crippen LogP contribution is 2.23. The molecule has 2 N–H and O–H groups in total. The van der Waals surface area contributed by atoms with Crippen molar-refractivity contribution in [1.29, 1.82) is 0 Å². The van der Waals surface area contributed by atoms with Gasteiger partial charge in [-0.2, -0.15) is 0 Å². The van der Waals surface area contributed by atoms with Gasteiger partial charge >= 0.3 is 0 Å². The van der Waals surface area contributed by atoms with Gasteiger partial charge in [0.1, 0.15) is 0 Å². The first-order valence-electron chi connectivity index (χ1n) is 8.74. The first kappa shape index (κ1) is 23.7. The molecule has 1 amide bonds. The smallest absolute Gasteiger partial charge is 0.239 e. The van der Waals surface area contributed by atoms with E-state index in [0.29, 0.717) is 25.6 Å². The molecule has 1 saturated heterocycles. The van der Waals surface area contributed by atoms with Gasteiger partial charge in [0.05, 0.1) is 17.0 Å². The van der Waals surface area contributed by atoms with Crippen LogP contribution in [0.25, 0.3) is 0 Å². The van der Waals surface area contributed by atoms with E-state index in [9.17, 15) is 13.2 Å². The Balaban J connectivity index is 0.00000364. The molecule has 1 heterocycles. The fourth-order valence-electron chi connectivity index (χ4n) is 2.87. The fourth-order valence-corrected chi connectivity index (χ4v) is 4.24. The van der Waals surface area contributed by atoms with E-state index in [1.54, 1.807) is 20.9 Å². The Bertz CT molecular complexity index is 751. The summed E-state index contributed by atoms with van der Waals surface area (Å²) in [6, 6.07) is 9.97. The maximum Gasteiger partial charge on any atom is 0.239 e. The Kier molecular flexibility index (Phi) is 9.00. The second-order valence-electron chi connectivity index (χ2n) is 6.99. The van der Waals surface area contributed by atoms with Crippen LogP contribution in [-0.2, 0) is 21.1 Å². The molecular weight excluding hydrogens is 479 g/mol. The van der Waals surface area contributed by atoms with Crippen LogP contribution in [0.2, 0.25) is 0 Å². The predicted octanol–water partition coefficient (Wildman–Crippen LogP) is 1.05. The van der Waals surface area contributed by atoms with Crippen LogP contribution in [0.3, 0.4) is 0 Å². The molecule has 1 fully saturated rings. The normalized spacial score (nSPS) is 18.3. The summed E-state index contributed by atoms with van der Waals surface area (Å²) < 4.78 is 23.4. The van der Waals surface area contributed by atoms with Gasteiger partial charge in [-0.15, -0.1) is 24.0 Å². The first-order valence-corrected chi connectivity index (χ1v) is 10.4. The van der Waals surface area contributed by atoms with Crippen molar-refractivity contribution in [3.63, 3.8) is 0 Å². The summed E-state index contributed by atoms with van der Waals surface area (Å²) in [5, 5.41) is 5.89. The number of carbonyl (C=O) groups is 1. The van der Waals surface area contributed by atoms with Gasteiger partial charge in [-0.05, 0) is 25.8 Å². The SMILES string of the molecule is CN=C(NCC(=O)NCCc1ccccc1)N1CCS(=O)(=O)C(C)(C)C1.I. The molecule has 0 unspecified atom stereocenters. The summed E-state index contributed by atoms with van der Waals surface area (Å²) in [5.74, 6) is 0.515. The number of nitrogens with one attached hydrogen (secondary N) is 2. The number of halogens is 1. The average molecular weight is 508 g/mol. The molecule has 0 aliphatic carbocycles. The predicted molar refractivity (Wildman–Crippen MR) is 119 cm³/mol. The van der Waals surface area contributed by atoms with E-state index in [2.05, 4.69) is 15.6 Å². The molecule has 0 bridgehead atoms. The minimum atomic E-state index is -3.11. The van der Waals surface area contributed by atoms with Crippen molar-refractivity contribution in [2.45, 2.75) is 25.0 Å². The van der Waals surface area contributed by atoms with Crippen LogP contribution >= 0.6 is 24.0 Å². The van der Waals surface area contributed by atoms with E-state index < -0.39 is 14.6 Å². The monoisotopic (exact) mass is 508 g/mol. The van der Waals surface area contributed by atoms with Crippen LogP contribution in [0.4, 0.5) is 0 Å². The summed E-state index contributed by atoms with van der Waals surface area (Å²) >= 11 is 0. The number of sulfone groups is 1. The molecule has 0 aromatic heterocycles. The molecule has 0 spiro atoms. The summed E-state index contributed by atoms with van der Waals surface area (Å²) in [6.45, 7) is 4.84. The van der Waals surface area contributed by atoms with Gasteiger partial charge in [0, 0.05) is 26.7 Å². The number of amides is 1. The van der Waals surface area contributed by atoms with Gasteiger partial charge in [0.2, 0.25) is 5.91 Å². The molecular formula is C18H29IN4O3S. The molecule has 2 rings (SSSR count). The lowest BCUT2D eigenvalue weighted by molar-refractivity contribution is -0.120. The van der Waals surface area contributed by atoms with Crippen LogP contribution in [-0.4, -0.2) is 68.9 Å². The lowest BCUT2D eigenvalue weighted by Crippen LogP contribution is -2.57. The van der Waals surface area contributed by atoms with E-state index in [0.717, 1.165) is 6.42 Å². The third-order valence-electron chi connectivity index (χ3n) is 4.54. The molecule has 152 valence electrons. The lowest BCUT2D eigenvalue weighted by atomic mass is 10.1. The molecule has 0 radical (unpaired) electrons. The van der Waals surface area contributed by atoms with E-state index >= 15 is 0 Å². The molecule has 0 saturated carbocycles. The van der Waals surface area contributed by atoms with E-state index in [-0.39, 0.29) is 42.2 Å². The van der Waals surface area contributed by atoms with Crippen LogP contribution in [0.1, 0.15) is 19.4 Å². The van der Waals surface area contributed by atoms with Crippen molar-refractivity contribution >= 4 is 45.7 Å². The molecule has 1 aliphatic heterocycles. The fraction of sp³-hybridized carbons (Fsp3) is 0.556. The largest absolute Gasteiger partial charge is 0.354 e. The Morgan fingerprint density at radius 3 is 2.48 bits per heavy atom. The number of nitrogens with zero attached hydrogens (tertiary/aromatic N) is 2. The standard InChI is InChI=1S/C18H28N4O3S.HI/c1-18(2)14-22(11-12-26(18,24)25)17(19-3)21-13-16(23)20-10-9-15-7-5-4-6-8-15;/h4-8H,9-14H2,1-3H3,(H,19,21)(H,20,23);1H. The van der Waals surface area contributed by atoms with Crippen molar-refractivity contribution < 1.29 is 13.2 Å². The second-order valence-corrected chi connectivity index (χ2v) is 9.73. The molecule has 1 aromatic carbocycles. The Morgan fingerprint density at radius 1 is 1.22 bits per heavy atom. The quantitative estimate of drug-likeness (QED) is 0.353. The van der Waals surface area contributed by atoms with Gasteiger partial charge < -0.3 is 15.5 Å². The molecule has 0 atom stereocenters. The maximum atomic E-state index is 12.1. The van der Waals surface area contributed by atoms with Crippen molar-refractivity contribution in [2.75, 3.05) is 39.0 Å². The topological polar surface area (TPSA) is 90.9 Å². The Labute approximate surface area is 178 Å². The van der Waals surface area contributed by atoms with Gasteiger partial charge in [-0.25, -0.2) is 8.42 Å². The third kappa shape index (κ3) is 6.63. The van der Waals surface area contributed by atoms with Crippen molar-refractivity contribution in [1.82, 2.24) is 15.5 Å². The molecule has 7 nitrogen and oxygen atoms in total. The average Bonchev–Trinajstić information content (AvgIpc) is 2.59. The van der Waals surface area contributed by atoms with Crippen molar-refractivity contribution in [3.8, 4) is 0 Å². The van der Waals surface area contributed by atoms with E-state index in [1.165, 1.54) is 5.56 Å². The first-order chi connectivity index (χ1) is 12.2. The number of hydrogen-bond donors (Lipinski definition) is 2. The third-order valence-corrected chi connectivity index (χ3v) is 7.07. The van der Waals surface area contributed by atoms with E-state index in [4.69, 9.17) is 0 Å². The number of aliphatic imine (C=N–C) groups is 1. The van der Waals surface area contributed by atoms with Crippen LogP contribution in [0.5, 0.6) is 0 Å². The lowest BCUT2D eigenvalue weighted by Gasteiger charge is -2.39. The second kappa shape index (κ2) is 10.3. The summed E-state index contributed by atoms with van der Waals surface area (Å²) in [5.41, 5.74) is 1.17. The van der Waals surface area contributed by atoms with Crippen LogP contribution < -0.4 is 10.6 Å². The number of guanidine groups is 1. The number of rotatable bonds is 5. The highest BCUT2D eigenvalue weighted by molar-refractivity contribution is 14.0. The number of benzene rings is 1. The minimum absolute atomic E-state index is 0. The van der Waals surface area contributed by atoms with Gasteiger partial charge in [-0.3, -0.25) is 9.79 Å². The highest BCUT2D eigenvalue weighted by atomic mass is 127. The maximum absolute atomic E-state index is 12.1. The summed E-state index contributed by atoms with van der Waals surface area (Å²) in [4.78, 5) is 18.1. The zero-order chi connectivity index (χ0) is 19.2. The van der Waals surface area contributed by atoms with Gasteiger partial charge in [-0.1, -0.05) is 30.3 Å². The number of hydrogen-bond acceptors (Lipinski definition) is 4. The zero-order valence-corrected chi connectivity index (χ0v) is 19.2.